The molecular weight excluding hydrogens is 372 g/mol. The van der Waals surface area contributed by atoms with Crippen LogP contribution in [0.5, 0.6) is 11.5 Å². The standard InChI is InChI=1S/C21H26N4O4/c1-2-19-22-8-10-25(19)9-7-20(26)23-15-4-3-14(11-15)21(27)24-16-5-6-17-18(12-16)29-13-28-17/h5-6,8,10,12,14-15H,2-4,7,9,11,13H2,1H3,(H,23,26)(H,24,27)/t14-,15+/m1/s1. The molecule has 0 spiro atoms. The fraction of sp³-hybridized carbons (Fsp3) is 0.476. The van der Waals surface area contributed by atoms with Gasteiger partial charge in [0.15, 0.2) is 11.5 Å². The maximum Gasteiger partial charge on any atom is 0.231 e. The van der Waals surface area contributed by atoms with Gasteiger partial charge in [0.1, 0.15) is 5.82 Å². The lowest BCUT2D eigenvalue weighted by Gasteiger charge is -2.14. The van der Waals surface area contributed by atoms with E-state index in [1.165, 1.54) is 0 Å². The van der Waals surface area contributed by atoms with Crippen molar-refractivity contribution in [2.24, 2.45) is 5.92 Å². The van der Waals surface area contributed by atoms with E-state index in [0.717, 1.165) is 25.1 Å². The molecule has 1 aromatic heterocycles. The molecule has 1 aliphatic heterocycles. The van der Waals surface area contributed by atoms with Crippen LogP contribution in [0, 0.1) is 5.92 Å². The molecule has 2 aliphatic rings. The van der Waals surface area contributed by atoms with Gasteiger partial charge in [-0.1, -0.05) is 6.92 Å². The van der Waals surface area contributed by atoms with Crippen molar-refractivity contribution in [2.75, 3.05) is 12.1 Å². The van der Waals surface area contributed by atoms with Crippen LogP contribution in [-0.2, 0) is 22.6 Å². The first kappa shape index (κ1) is 19.3. The van der Waals surface area contributed by atoms with Gasteiger partial charge in [-0.15, -0.1) is 0 Å². The average molecular weight is 398 g/mol. The molecule has 0 bridgehead atoms. The van der Waals surface area contributed by atoms with Crippen LogP contribution in [0.15, 0.2) is 30.6 Å². The van der Waals surface area contributed by atoms with E-state index in [4.69, 9.17) is 9.47 Å². The van der Waals surface area contributed by atoms with E-state index in [1.54, 1.807) is 24.4 Å². The molecule has 8 heteroatoms. The molecule has 8 nitrogen and oxygen atoms in total. The summed E-state index contributed by atoms with van der Waals surface area (Å²) in [7, 11) is 0. The van der Waals surface area contributed by atoms with Gasteiger partial charge in [-0.2, -0.15) is 0 Å². The largest absolute Gasteiger partial charge is 0.454 e. The SMILES string of the molecule is CCc1nccn1CCC(=O)N[C@H]1CC[C@@H](C(=O)Nc2ccc3c(c2)OCO3)C1. The first-order chi connectivity index (χ1) is 14.1. The fourth-order valence-corrected chi connectivity index (χ4v) is 3.95. The van der Waals surface area contributed by atoms with E-state index in [-0.39, 0.29) is 30.6 Å². The highest BCUT2D eigenvalue weighted by atomic mass is 16.7. The Morgan fingerprint density at radius 1 is 1.24 bits per heavy atom. The molecule has 2 aromatic rings. The molecule has 1 aromatic carbocycles. The number of fused-ring (bicyclic) bond motifs is 1. The molecular formula is C21H26N4O4. The molecule has 0 saturated heterocycles. The third-order valence-electron chi connectivity index (χ3n) is 5.51. The van der Waals surface area contributed by atoms with E-state index < -0.39 is 0 Å². The summed E-state index contributed by atoms with van der Waals surface area (Å²) in [6.45, 7) is 2.87. The van der Waals surface area contributed by atoms with Crippen molar-refractivity contribution < 1.29 is 19.1 Å². The average Bonchev–Trinajstić information content (AvgIpc) is 3.46. The Kier molecular flexibility index (Phi) is 5.69. The molecule has 0 radical (unpaired) electrons. The van der Waals surface area contributed by atoms with Gasteiger partial charge in [-0.05, 0) is 31.4 Å². The highest BCUT2D eigenvalue weighted by Crippen LogP contribution is 2.35. The van der Waals surface area contributed by atoms with Crippen molar-refractivity contribution in [3.05, 3.63) is 36.4 Å². The number of imidazole rings is 1. The van der Waals surface area contributed by atoms with Crippen LogP contribution in [0.4, 0.5) is 5.69 Å². The molecule has 2 atom stereocenters. The molecule has 2 amide bonds. The smallest absolute Gasteiger partial charge is 0.231 e. The molecule has 154 valence electrons. The number of nitrogens with one attached hydrogen (secondary N) is 2. The highest BCUT2D eigenvalue weighted by Gasteiger charge is 2.31. The number of hydrogen-bond acceptors (Lipinski definition) is 5. The summed E-state index contributed by atoms with van der Waals surface area (Å²) < 4.78 is 12.6. The Bertz CT molecular complexity index is 895. The summed E-state index contributed by atoms with van der Waals surface area (Å²) in [5.74, 6) is 2.20. The minimum atomic E-state index is -0.105. The summed E-state index contributed by atoms with van der Waals surface area (Å²) in [4.78, 5) is 29.2. The number of aryl methyl sites for hydroxylation is 2. The quantitative estimate of drug-likeness (QED) is 0.747. The fourth-order valence-electron chi connectivity index (χ4n) is 3.95. The highest BCUT2D eigenvalue weighted by molar-refractivity contribution is 5.93. The molecule has 2 heterocycles. The third kappa shape index (κ3) is 4.52. The lowest BCUT2D eigenvalue weighted by molar-refractivity contribution is -0.122. The molecule has 2 N–H and O–H groups in total. The van der Waals surface area contributed by atoms with Gasteiger partial charge >= 0.3 is 0 Å². The second kappa shape index (κ2) is 8.55. The van der Waals surface area contributed by atoms with Gasteiger partial charge in [-0.25, -0.2) is 4.98 Å². The maximum atomic E-state index is 12.6. The number of rotatable bonds is 7. The first-order valence-corrected chi connectivity index (χ1v) is 10.1. The summed E-state index contributed by atoms with van der Waals surface area (Å²) in [5, 5.41) is 6.02. The second-order valence-corrected chi connectivity index (χ2v) is 7.47. The van der Waals surface area contributed by atoms with Crippen molar-refractivity contribution in [3.63, 3.8) is 0 Å². The second-order valence-electron chi connectivity index (χ2n) is 7.47. The molecule has 1 aliphatic carbocycles. The minimum absolute atomic E-state index is 0.0163. The van der Waals surface area contributed by atoms with Crippen LogP contribution in [0.1, 0.15) is 38.4 Å². The van der Waals surface area contributed by atoms with Crippen LogP contribution in [-0.4, -0.2) is 34.2 Å². The summed E-state index contributed by atoms with van der Waals surface area (Å²) in [6, 6.07) is 5.42. The monoisotopic (exact) mass is 398 g/mol. The van der Waals surface area contributed by atoms with Gasteiger partial charge in [0.2, 0.25) is 18.6 Å². The molecule has 0 unspecified atom stereocenters. The van der Waals surface area contributed by atoms with Gasteiger partial charge < -0.3 is 24.7 Å². The number of amides is 2. The van der Waals surface area contributed by atoms with Crippen molar-refractivity contribution in [3.8, 4) is 11.5 Å². The predicted molar refractivity (Wildman–Crippen MR) is 107 cm³/mol. The summed E-state index contributed by atoms with van der Waals surface area (Å²) in [5.41, 5.74) is 0.693. The number of carbonyl (C=O) groups is 2. The minimum Gasteiger partial charge on any atom is -0.454 e. The van der Waals surface area contributed by atoms with Gasteiger partial charge in [0.05, 0.1) is 0 Å². The number of hydrogen-bond donors (Lipinski definition) is 2. The van der Waals surface area contributed by atoms with Crippen molar-refractivity contribution >= 4 is 17.5 Å². The zero-order chi connectivity index (χ0) is 20.2. The van der Waals surface area contributed by atoms with Gasteiger partial charge in [0, 0.05) is 55.5 Å². The number of anilines is 1. The van der Waals surface area contributed by atoms with Gasteiger partial charge in [0.25, 0.3) is 0 Å². The molecule has 4 rings (SSSR count). The lowest BCUT2D eigenvalue weighted by Crippen LogP contribution is -2.34. The molecule has 1 saturated carbocycles. The van der Waals surface area contributed by atoms with Crippen molar-refractivity contribution in [1.82, 2.24) is 14.9 Å². The Labute approximate surface area is 169 Å². The number of nitrogens with zero attached hydrogens (tertiary/aromatic N) is 2. The lowest BCUT2D eigenvalue weighted by atomic mass is 10.1. The van der Waals surface area contributed by atoms with Crippen molar-refractivity contribution in [2.45, 2.75) is 51.6 Å². The Balaban J connectivity index is 1.23. The number of benzene rings is 1. The topological polar surface area (TPSA) is 94.5 Å². The van der Waals surface area contributed by atoms with Crippen LogP contribution >= 0.6 is 0 Å². The van der Waals surface area contributed by atoms with E-state index in [9.17, 15) is 9.59 Å². The van der Waals surface area contributed by atoms with Crippen LogP contribution in [0.3, 0.4) is 0 Å². The van der Waals surface area contributed by atoms with Gasteiger partial charge in [-0.3, -0.25) is 9.59 Å². The summed E-state index contributed by atoms with van der Waals surface area (Å²) >= 11 is 0. The number of carbonyl (C=O) groups excluding carboxylic acids is 2. The van der Waals surface area contributed by atoms with Crippen molar-refractivity contribution in [1.29, 1.82) is 0 Å². The van der Waals surface area contributed by atoms with Crippen LogP contribution in [0.2, 0.25) is 0 Å². The summed E-state index contributed by atoms with van der Waals surface area (Å²) in [6.07, 6.45) is 7.16. The normalized spacial score (nSPS) is 19.9. The Morgan fingerprint density at radius 2 is 2.10 bits per heavy atom. The zero-order valence-electron chi connectivity index (χ0n) is 16.5. The number of ether oxygens (including phenoxy) is 2. The van der Waals surface area contributed by atoms with E-state index in [0.29, 0.717) is 36.6 Å². The Morgan fingerprint density at radius 3 is 2.97 bits per heavy atom. The van der Waals surface area contributed by atoms with E-state index in [2.05, 4.69) is 15.6 Å². The third-order valence-corrected chi connectivity index (χ3v) is 5.51. The van der Waals surface area contributed by atoms with E-state index in [1.807, 2.05) is 17.7 Å². The zero-order valence-corrected chi connectivity index (χ0v) is 16.5. The van der Waals surface area contributed by atoms with Crippen LogP contribution < -0.4 is 20.1 Å². The maximum absolute atomic E-state index is 12.6. The Hall–Kier alpha value is -3.03. The van der Waals surface area contributed by atoms with Crippen LogP contribution in [0.25, 0.3) is 0 Å². The first-order valence-electron chi connectivity index (χ1n) is 10.1. The molecule has 29 heavy (non-hydrogen) atoms. The van der Waals surface area contributed by atoms with E-state index >= 15 is 0 Å². The molecule has 1 fully saturated rings. The number of aromatic nitrogens is 2. The predicted octanol–water partition coefficient (Wildman–Crippen LogP) is 2.49.